The lowest BCUT2D eigenvalue weighted by Gasteiger charge is -2.21. The number of aliphatic hydroxyl groups is 1. The van der Waals surface area contributed by atoms with E-state index >= 15 is 0 Å². The number of hydrogen-bond donors (Lipinski definition) is 3. The molecule has 0 fully saturated rings. The number of primary amides is 2. The maximum atomic E-state index is 14.5. The van der Waals surface area contributed by atoms with Crippen LogP contribution in [0.1, 0.15) is 71.7 Å². The van der Waals surface area contributed by atoms with Crippen molar-refractivity contribution in [1.82, 2.24) is 9.55 Å². The predicted molar refractivity (Wildman–Crippen MR) is 194 cm³/mol. The molecule has 4 aromatic rings. The van der Waals surface area contributed by atoms with Gasteiger partial charge in [-0.15, -0.1) is 0 Å². The molecular weight excluding hydrogens is 643 g/mol. The van der Waals surface area contributed by atoms with Gasteiger partial charge < -0.3 is 35.4 Å². The summed E-state index contributed by atoms with van der Waals surface area (Å²) >= 11 is 0. The van der Waals surface area contributed by atoms with Gasteiger partial charge in [-0.05, 0) is 72.1 Å². The largest absolute Gasteiger partial charge is 0.400 e. The van der Waals surface area contributed by atoms with Gasteiger partial charge in [-0.1, -0.05) is 45.0 Å². The molecular formula is C38H51FN4O7. The van der Waals surface area contributed by atoms with Crippen molar-refractivity contribution >= 4 is 30.0 Å². The lowest BCUT2D eigenvalue weighted by atomic mass is 9.85. The Morgan fingerprint density at radius 2 is 1.48 bits per heavy atom. The highest BCUT2D eigenvalue weighted by Crippen LogP contribution is 2.41. The fourth-order valence-electron chi connectivity index (χ4n) is 5.97. The molecule has 5 N–H and O–H groups in total. The number of hydrogen-bond acceptors (Lipinski definition) is 8. The molecule has 0 unspecified atom stereocenters. The fourth-order valence-corrected chi connectivity index (χ4v) is 5.97. The second-order valence-corrected chi connectivity index (χ2v) is 10.7. The van der Waals surface area contributed by atoms with E-state index < -0.39 is 0 Å². The number of fused-ring (bicyclic) bond motifs is 4. The summed E-state index contributed by atoms with van der Waals surface area (Å²) in [6.07, 6.45) is 5.25. The number of nitrogens with zero attached hydrogens (tertiary/aromatic N) is 2. The average molecular weight is 695 g/mol. The molecule has 0 atom stereocenters. The van der Waals surface area contributed by atoms with E-state index in [1.807, 2.05) is 26.8 Å². The Balaban J connectivity index is 0.000000495. The van der Waals surface area contributed by atoms with E-state index in [1.54, 1.807) is 11.7 Å². The zero-order chi connectivity index (χ0) is 37.8. The molecule has 2 amide bonds. The number of methoxy groups -OCH3 is 2. The second kappa shape index (κ2) is 22.8. The minimum Gasteiger partial charge on any atom is -0.400 e. The van der Waals surface area contributed by atoms with Crippen LogP contribution in [0.3, 0.4) is 0 Å². The Labute approximate surface area is 293 Å². The quantitative estimate of drug-likeness (QED) is 0.209. The number of pyridine rings is 2. The van der Waals surface area contributed by atoms with E-state index in [1.165, 1.54) is 29.9 Å². The van der Waals surface area contributed by atoms with Crippen molar-refractivity contribution in [1.29, 1.82) is 0 Å². The molecule has 272 valence electrons. The first kappa shape index (κ1) is 43.2. The van der Waals surface area contributed by atoms with Gasteiger partial charge in [0.1, 0.15) is 12.1 Å². The molecule has 1 aliphatic carbocycles. The standard InChI is InChI=1S/C23H21FN2O3.C10H14O.C2H6.2CH3NO.CH4O/c1-12-14-4-3-5-15-16-10-26-20(22(16)25-19(21(14)15)9-18(12)24)8-13(6-7-27)17(11-29-2)23(26)28;1-3-9-4-6-10(7-5-9)8-11-2;1-2;2*2-1-3;1-2/h7-9H,3-6,10-11H2,1-2H3;4-7H,3,8H2,1-2H3;1-2H3;2*1H,(H2,2,3);2H,1H3. The zero-order valence-electron chi connectivity index (χ0n) is 30.2. The van der Waals surface area contributed by atoms with Gasteiger partial charge in [0.2, 0.25) is 12.8 Å². The Morgan fingerprint density at radius 3 is 2.02 bits per heavy atom. The van der Waals surface area contributed by atoms with E-state index in [0.29, 0.717) is 41.1 Å². The number of rotatable bonds is 7. The molecule has 0 bridgehead atoms. The zero-order valence-corrected chi connectivity index (χ0v) is 30.2. The van der Waals surface area contributed by atoms with Crippen molar-refractivity contribution in [2.45, 2.75) is 79.6 Å². The van der Waals surface area contributed by atoms with Gasteiger partial charge in [-0.25, -0.2) is 9.37 Å². The first-order valence-corrected chi connectivity index (χ1v) is 16.4. The highest BCUT2D eigenvalue weighted by molar-refractivity contribution is 5.92. The summed E-state index contributed by atoms with van der Waals surface area (Å²) in [5, 5.41) is 8.06. The highest BCUT2D eigenvalue weighted by Gasteiger charge is 2.30. The lowest BCUT2D eigenvalue weighted by Crippen LogP contribution is -2.25. The fraction of sp³-hybridized carbons (Fsp3) is 0.395. The number of nitrogens with two attached hydrogens (primary N) is 2. The highest BCUT2D eigenvalue weighted by atomic mass is 19.1. The molecule has 0 radical (unpaired) electrons. The van der Waals surface area contributed by atoms with Crippen molar-refractivity contribution in [2.24, 2.45) is 11.5 Å². The van der Waals surface area contributed by atoms with Gasteiger partial charge >= 0.3 is 0 Å². The van der Waals surface area contributed by atoms with E-state index in [2.05, 4.69) is 42.7 Å². The Hall–Kier alpha value is -4.78. The molecule has 11 nitrogen and oxygen atoms in total. The lowest BCUT2D eigenvalue weighted by molar-refractivity contribution is -0.108. The van der Waals surface area contributed by atoms with Crippen LogP contribution in [-0.2, 0) is 69.3 Å². The van der Waals surface area contributed by atoms with Crippen LogP contribution in [0.2, 0.25) is 0 Å². The van der Waals surface area contributed by atoms with Crippen molar-refractivity contribution in [3.63, 3.8) is 0 Å². The summed E-state index contributed by atoms with van der Waals surface area (Å²) in [6.45, 7) is 9.31. The van der Waals surface area contributed by atoms with E-state index in [9.17, 15) is 14.0 Å². The van der Waals surface area contributed by atoms with Gasteiger partial charge in [0.25, 0.3) is 5.56 Å². The topological polar surface area (TPSA) is 177 Å². The smallest absolute Gasteiger partial charge is 0.257 e. The molecule has 1 aliphatic heterocycles. The third-order valence-corrected chi connectivity index (χ3v) is 8.06. The molecule has 6 rings (SSSR count). The van der Waals surface area contributed by atoms with Gasteiger partial charge in [0, 0.05) is 50.3 Å². The average Bonchev–Trinajstić information content (AvgIpc) is 3.51. The van der Waals surface area contributed by atoms with Crippen LogP contribution in [-0.4, -0.2) is 55.1 Å². The third-order valence-electron chi connectivity index (χ3n) is 8.06. The summed E-state index contributed by atoms with van der Waals surface area (Å²) in [6, 6.07) is 11.9. The van der Waals surface area contributed by atoms with Gasteiger partial charge in [0.05, 0.1) is 36.7 Å². The number of amides is 2. The van der Waals surface area contributed by atoms with Gasteiger partial charge in [0.15, 0.2) is 0 Å². The molecule has 0 saturated carbocycles. The molecule has 12 heteroatoms. The number of halogens is 1. The number of carbonyl (C=O) groups excluding carboxylic acids is 3. The molecule has 2 aromatic heterocycles. The summed E-state index contributed by atoms with van der Waals surface area (Å²) in [5.74, 6) is -0.236. The minimum absolute atomic E-state index is 0.145. The third kappa shape index (κ3) is 10.4. The molecule has 2 aromatic carbocycles. The van der Waals surface area contributed by atoms with E-state index in [-0.39, 0.29) is 37.2 Å². The van der Waals surface area contributed by atoms with Crippen LogP contribution >= 0.6 is 0 Å². The van der Waals surface area contributed by atoms with E-state index in [4.69, 9.17) is 29.2 Å². The van der Waals surface area contributed by atoms with Crippen LogP contribution in [0.4, 0.5) is 4.39 Å². The molecule has 0 saturated heterocycles. The first-order chi connectivity index (χ1) is 24.2. The van der Waals surface area contributed by atoms with Gasteiger partial charge in [-0.3, -0.25) is 14.4 Å². The Morgan fingerprint density at radius 1 is 0.920 bits per heavy atom. The van der Waals surface area contributed by atoms with Crippen LogP contribution < -0.4 is 17.0 Å². The minimum atomic E-state index is -0.236. The number of aliphatic hydroxyl groups excluding tert-OH is 1. The van der Waals surface area contributed by atoms with Crippen molar-refractivity contribution < 1.29 is 33.4 Å². The summed E-state index contributed by atoms with van der Waals surface area (Å²) in [5.41, 5.74) is 18.0. The van der Waals surface area contributed by atoms with Crippen LogP contribution in [0.25, 0.3) is 22.3 Å². The van der Waals surface area contributed by atoms with Crippen LogP contribution in [0.15, 0.2) is 41.2 Å². The van der Waals surface area contributed by atoms with E-state index in [0.717, 1.165) is 61.3 Å². The molecule has 50 heavy (non-hydrogen) atoms. The number of aldehydes is 1. The van der Waals surface area contributed by atoms with Crippen molar-refractivity contribution in [3.05, 3.63) is 97.1 Å². The summed E-state index contributed by atoms with van der Waals surface area (Å²) in [4.78, 5) is 46.3. The molecule has 2 aliphatic rings. The summed E-state index contributed by atoms with van der Waals surface area (Å²) < 4.78 is 26.4. The van der Waals surface area contributed by atoms with Crippen molar-refractivity contribution in [3.8, 4) is 11.4 Å². The number of aryl methyl sites for hydroxylation is 3. The molecule has 0 spiro atoms. The first-order valence-electron chi connectivity index (χ1n) is 16.4. The van der Waals surface area contributed by atoms with Crippen molar-refractivity contribution in [2.75, 3.05) is 21.3 Å². The van der Waals surface area contributed by atoms with Crippen LogP contribution in [0.5, 0.6) is 0 Å². The number of carbonyl (C=O) groups is 3. The monoisotopic (exact) mass is 694 g/mol. The Bertz CT molecular complexity index is 1750. The maximum Gasteiger partial charge on any atom is 0.257 e. The normalized spacial score (nSPS) is 11.1. The maximum absolute atomic E-state index is 14.5. The second-order valence-electron chi connectivity index (χ2n) is 10.7. The number of benzene rings is 2. The van der Waals surface area contributed by atoms with Crippen LogP contribution in [0, 0.1) is 12.7 Å². The SMILES string of the molecule is CC.CCc1ccc(COC)cc1.CO.COCc1c(CC=O)cc2n(c1=O)Cc1c-2nc2cc(F)c(C)c3c2c1CCC3.NC=O.NC=O. The number of aromatic nitrogens is 2. The molecule has 3 heterocycles. The summed E-state index contributed by atoms with van der Waals surface area (Å²) in [7, 11) is 4.25. The number of ether oxygens (including phenoxy) is 2. The van der Waals surface area contributed by atoms with Gasteiger partial charge in [-0.2, -0.15) is 0 Å². The predicted octanol–water partition coefficient (Wildman–Crippen LogP) is 4.48. The Kier molecular flexibility index (Phi) is 19.7.